The second-order valence-electron chi connectivity index (χ2n) is 8.58. The van der Waals surface area contributed by atoms with Gasteiger partial charge in [-0.15, -0.1) is 0 Å². The predicted molar refractivity (Wildman–Crippen MR) is 118 cm³/mol. The Labute approximate surface area is 211 Å². The zero-order chi connectivity index (χ0) is 27.9. The quantitative estimate of drug-likeness (QED) is 0.0861. The Morgan fingerprint density at radius 3 is 2.11 bits per heavy atom. The van der Waals surface area contributed by atoms with Gasteiger partial charge in [0, 0.05) is 13.8 Å². The van der Waals surface area contributed by atoms with E-state index in [1.807, 2.05) is 0 Å². The van der Waals surface area contributed by atoms with Crippen molar-refractivity contribution in [1.82, 2.24) is 10.7 Å². The SMILES string of the molecule is CC(=O)N/N=C/[C@H](O[C@@H]1O[C@H](CO[C@@H]2O[C@H](CO)[C@@H](O)[C@H](O)[C@H]2NC(C)=O)[C@H](O)[C@H](O)[C@H]1O)[C@H](O)CO. The molecule has 2 saturated heterocycles. The van der Waals surface area contributed by atoms with Crippen molar-refractivity contribution in [1.29, 1.82) is 0 Å². The molecule has 0 saturated carbocycles. The minimum atomic E-state index is -1.83. The Hall–Kier alpha value is -1.87. The molecule has 2 fully saturated rings. The smallest absolute Gasteiger partial charge is 0.236 e. The second kappa shape index (κ2) is 14.3. The second-order valence-corrected chi connectivity index (χ2v) is 8.58. The summed E-state index contributed by atoms with van der Waals surface area (Å²) in [6.07, 6.45) is -16.4. The van der Waals surface area contributed by atoms with Crippen LogP contribution in [0.4, 0.5) is 0 Å². The number of hydrogen-bond acceptors (Lipinski definition) is 15. The van der Waals surface area contributed by atoms with Crippen molar-refractivity contribution >= 4 is 18.0 Å². The zero-order valence-electron chi connectivity index (χ0n) is 20.1. The van der Waals surface area contributed by atoms with Crippen LogP contribution in [0.3, 0.4) is 0 Å². The van der Waals surface area contributed by atoms with Crippen molar-refractivity contribution in [3.8, 4) is 0 Å². The standard InChI is InChI=1S/C20H35N3O14/c1-7(26)22-13-16(31)14(29)11(5-25)36-19(13)34-6-12-15(30)17(32)18(33)20(37-12)35-10(9(28)4-24)3-21-23-8(2)27/h3,9-20,24-25,28-33H,4-6H2,1-2H3,(H,22,26)(H,23,27)/b21-3+/t9-,10+,11-,12-,13-,14-,15+,16-,17+,18-,19-,20-/m1/s1. The van der Waals surface area contributed by atoms with Gasteiger partial charge in [-0.2, -0.15) is 5.10 Å². The van der Waals surface area contributed by atoms with Gasteiger partial charge < -0.3 is 65.1 Å². The first-order chi connectivity index (χ1) is 17.4. The van der Waals surface area contributed by atoms with Crippen LogP contribution in [0, 0.1) is 0 Å². The van der Waals surface area contributed by atoms with E-state index in [2.05, 4.69) is 15.8 Å². The Bertz CT molecular complexity index is 775. The molecule has 0 aromatic carbocycles. The molecular formula is C20H35N3O14. The molecule has 0 unspecified atom stereocenters. The summed E-state index contributed by atoms with van der Waals surface area (Å²) in [6, 6.07) is -1.28. The number of amides is 2. The van der Waals surface area contributed by atoms with E-state index in [0.29, 0.717) is 0 Å². The first-order valence-electron chi connectivity index (χ1n) is 11.4. The summed E-state index contributed by atoms with van der Waals surface area (Å²) in [4.78, 5) is 22.6. The fraction of sp³-hybridized carbons (Fsp3) is 0.850. The number of hydrazone groups is 1. The number of ether oxygens (including phenoxy) is 4. The molecule has 214 valence electrons. The molecule has 2 heterocycles. The normalized spacial score (nSPS) is 38.2. The summed E-state index contributed by atoms with van der Waals surface area (Å²) in [6.45, 7) is 0.249. The molecule has 0 spiro atoms. The Morgan fingerprint density at radius 2 is 1.54 bits per heavy atom. The zero-order valence-corrected chi connectivity index (χ0v) is 20.1. The first kappa shape index (κ1) is 31.3. The number of rotatable bonds is 11. The van der Waals surface area contributed by atoms with Gasteiger partial charge >= 0.3 is 0 Å². The van der Waals surface area contributed by atoms with Crippen molar-refractivity contribution in [2.75, 3.05) is 19.8 Å². The van der Waals surface area contributed by atoms with E-state index in [0.717, 1.165) is 13.1 Å². The van der Waals surface area contributed by atoms with Crippen molar-refractivity contribution in [2.45, 2.75) is 87.4 Å². The summed E-state index contributed by atoms with van der Waals surface area (Å²) >= 11 is 0. The highest BCUT2D eigenvalue weighted by atomic mass is 16.7. The van der Waals surface area contributed by atoms with Crippen LogP contribution in [-0.2, 0) is 28.5 Å². The third-order valence-electron chi connectivity index (χ3n) is 5.65. The van der Waals surface area contributed by atoms with Gasteiger partial charge in [-0.25, -0.2) is 5.43 Å². The molecule has 12 atom stereocenters. The minimum absolute atomic E-state index is 0.540. The van der Waals surface area contributed by atoms with Crippen molar-refractivity contribution in [3.05, 3.63) is 0 Å². The number of carbonyl (C=O) groups is 2. The molecule has 2 rings (SSSR count). The molecule has 0 aromatic heterocycles. The number of hydrogen-bond donors (Lipinski definition) is 10. The highest BCUT2D eigenvalue weighted by Gasteiger charge is 2.48. The van der Waals surface area contributed by atoms with Gasteiger partial charge in [-0.3, -0.25) is 9.59 Å². The number of nitrogens with zero attached hydrogens (tertiary/aromatic N) is 1. The van der Waals surface area contributed by atoms with E-state index in [1.165, 1.54) is 6.92 Å². The van der Waals surface area contributed by atoms with Gasteiger partial charge in [-0.1, -0.05) is 0 Å². The van der Waals surface area contributed by atoms with E-state index in [-0.39, 0.29) is 0 Å². The van der Waals surface area contributed by atoms with Gasteiger partial charge in [0.15, 0.2) is 12.6 Å². The molecule has 2 aliphatic rings. The van der Waals surface area contributed by atoms with E-state index >= 15 is 0 Å². The van der Waals surface area contributed by atoms with Crippen LogP contribution < -0.4 is 10.7 Å². The summed E-state index contributed by atoms with van der Waals surface area (Å²) in [7, 11) is 0. The minimum Gasteiger partial charge on any atom is -0.394 e. The lowest BCUT2D eigenvalue weighted by atomic mass is 9.96. The Balaban J connectivity index is 2.14. The van der Waals surface area contributed by atoms with Gasteiger partial charge in [0.1, 0.15) is 61.0 Å². The molecule has 17 heteroatoms. The fourth-order valence-electron chi connectivity index (χ4n) is 3.65. The van der Waals surface area contributed by atoms with Crippen LogP contribution in [0.5, 0.6) is 0 Å². The largest absolute Gasteiger partial charge is 0.394 e. The Morgan fingerprint density at radius 1 is 0.919 bits per heavy atom. The maximum atomic E-state index is 11.6. The number of carbonyl (C=O) groups excluding carboxylic acids is 2. The van der Waals surface area contributed by atoms with Crippen LogP contribution in [0.1, 0.15) is 13.8 Å². The maximum Gasteiger partial charge on any atom is 0.236 e. The summed E-state index contributed by atoms with van der Waals surface area (Å²) in [5.74, 6) is -1.13. The lowest BCUT2D eigenvalue weighted by Crippen LogP contribution is -2.65. The predicted octanol–water partition coefficient (Wildman–Crippen LogP) is -6.39. The molecule has 0 radical (unpaired) electrons. The maximum absolute atomic E-state index is 11.6. The number of nitrogens with one attached hydrogen (secondary N) is 2. The van der Waals surface area contributed by atoms with Crippen LogP contribution in [0.2, 0.25) is 0 Å². The highest BCUT2D eigenvalue weighted by Crippen LogP contribution is 2.26. The summed E-state index contributed by atoms with van der Waals surface area (Å²) < 4.78 is 21.9. The molecule has 0 aromatic rings. The van der Waals surface area contributed by atoms with E-state index in [1.54, 1.807) is 0 Å². The van der Waals surface area contributed by atoms with Crippen molar-refractivity contribution in [2.24, 2.45) is 5.10 Å². The van der Waals surface area contributed by atoms with Gasteiger partial charge in [0.2, 0.25) is 11.8 Å². The first-order valence-corrected chi connectivity index (χ1v) is 11.4. The van der Waals surface area contributed by atoms with Crippen LogP contribution in [0.15, 0.2) is 5.10 Å². The van der Waals surface area contributed by atoms with E-state index < -0.39 is 105 Å². The molecular weight excluding hydrogens is 506 g/mol. The van der Waals surface area contributed by atoms with E-state index in [9.17, 15) is 50.4 Å². The third-order valence-corrected chi connectivity index (χ3v) is 5.65. The average molecular weight is 542 g/mol. The molecule has 17 nitrogen and oxygen atoms in total. The lowest BCUT2D eigenvalue weighted by Gasteiger charge is -2.44. The number of aliphatic hydroxyl groups is 8. The summed E-state index contributed by atoms with van der Waals surface area (Å²) in [5, 5.41) is 86.0. The fourth-order valence-corrected chi connectivity index (χ4v) is 3.65. The molecule has 0 aliphatic carbocycles. The van der Waals surface area contributed by atoms with Gasteiger partial charge in [0.25, 0.3) is 0 Å². The third kappa shape index (κ3) is 8.31. The van der Waals surface area contributed by atoms with E-state index in [4.69, 9.17) is 18.9 Å². The summed E-state index contributed by atoms with van der Waals surface area (Å²) in [5.41, 5.74) is 2.06. The van der Waals surface area contributed by atoms with Gasteiger partial charge in [0.05, 0.1) is 26.0 Å². The van der Waals surface area contributed by atoms with Crippen LogP contribution in [-0.4, -0.2) is 152 Å². The monoisotopic (exact) mass is 541 g/mol. The van der Waals surface area contributed by atoms with Crippen molar-refractivity contribution in [3.63, 3.8) is 0 Å². The molecule has 2 amide bonds. The number of aliphatic hydroxyl groups excluding tert-OH is 8. The molecule has 2 aliphatic heterocycles. The van der Waals surface area contributed by atoms with Crippen LogP contribution >= 0.6 is 0 Å². The topological polar surface area (TPSA) is 269 Å². The molecule has 10 N–H and O–H groups in total. The average Bonchev–Trinajstić information content (AvgIpc) is 2.85. The highest BCUT2D eigenvalue weighted by molar-refractivity contribution is 5.74. The Kier molecular flexibility index (Phi) is 12.1. The lowest BCUT2D eigenvalue weighted by molar-refractivity contribution is -0.326. The van der Waals surface area contributed by atoms with Gasteiger partial charge in [-0.05, 0) is 0 Å². The molecule has 37 heavy (non-hydrogen) atoms. The molecule has 0 bridgehead atoms. The van der Waals surface area contributed by atoms with Crippen LogP contribution in [0.25, 0.3) is 0 Å². The van der Waals surface area contributed by atoms with Crippen molar-refractivity contribution < 1.29 is 69.4 Å².